The van der Waals surface area contributed by atoms with Crippen LogP contribution >= 0.6 is 0 Å². The maximum absolute atomic E-state index is 10.6. The van der Waals surface area contributed by atoms with E-state index in [-0.39, 0.29) is 11.2 Å². The Labute approximate surface area is 94.7 Å². The zero-order valence-electron chi connectivity index (χ0n) is 9.90. The van der Waals surface area contributed by atoms with E-state index in [0.717, 1.165) is 5.56 Å². The minimum Gasteiger partial charge on any atom is -0.508 e. The molecule has 1 aromatic carbocycles. The zero-order chi connectivity index (χ0) is 12.3. The van der Waals surface area contributed by atoms with Crippen LogP contribution < -0.4 is 4.89 Å². The molecule has 1 N–H and O–H groups in total. The molecule has 0 aliphatic heterocycles. The topological polar surface area (TPSA) is 55.8 Å². The van der Waals surface area contributed by atoms with Gasteiger partial charge in [-0.3, -0.25) is 9.78 Å². The third-order valence-electron chi connectivity index (χ3n) is 2.03. The van der Waals surface area contributed by atoms with Crippen molar-refractivity contribution in [2.45, 2.75) is 33.1 Å². The van der Waals surface area contributed by atoms with Crippen molar-refractivity contribution < 1.29 is 19.7 Å². The van der Waals surface area contributed by atoms with Crippen LogP contribution in [0.15, 0.2) is 18.2 Å². The van der Waals surface area contributed by atoms with E-state index in [1.165, 1.54) is 19.1 Å². The molecule has 1 aromatic rings. The van der Waals surface area contributed by atoms with Crippen molar-refractivity contribution in [3.05, 3.63) is 23.8 Å². The molecule has 16 heavy (non-hydrogen) atoms. The predicted molar refractivity (Wildman–Crippen MR) is 59.2 cm³/mol. The minimum atomic E-state index is -0.523. The fourth-order valence-electron chi connectivity index (χ4n) is 1.27. The number of hydrogen-bond donors (Lipinski definition) is 1. The number of benzene rings is 1. The summed E-state index contributed by atoms with van der Waals surface area (Å²) in [5.41, 5.74) is 0.525. The monoisotopic (exact) mass is 224 g/mol. The molecule has 0 saturated carbocycles. The number of carbonyl (C=O) groups is 1. The van der Waals surface area contributed by atoms with Crippen molar-refractivity contribution in [2.75, 3.05) is 0 Å². The molecule has 0 saturated heterocycles. The van der Waals surface area contributed by atoms with E-state index in [0.29, 0.717) is 5.75 Å². The van der Waals surface area contributed by atoms with E-state index < -0.39 is 5.97 Å². The first-order valence-electron chi connectivity index (χ1n) is 4.99. The van der Waals surface area contributed by atoms with E-state index in [1.807, 2.05) is 20.8 Å². The molecule has 0 aliphatic carbocycles. The van der Waals surface area contributed by atoms with Crippen molar-refractivity contribution in [3.63, 3.8) is 0 Å². The van der Waals surface area contributed by atoms with E-state index in [9.17, 15) is 9.90 Å². The highest BCUT2D eigenvalue weighted by molar-refractivity contribution is 5.65. The third-order valence-corrected chi connectivity index (χ3v) is 2.03. The summed E-state index contributed by atoms with van der Waals surface area (Å²) in [6.45, 7) is 7.16. The van der Waals surface area contributed by atoms with Gasteiger partial charge in [0.2, 0.25) is 0 Å². The summed E-state index contributed by atoms with van der Waals surface area (Å²) in [5, 5.41) is 9.68. The van der Waals surface area contributed by atoms with Gasteiger partial charge in [0.1, 0.15) is 5.75 Å². The van der Waals surface area contributed by atoms with Crippen LogP contribution in [0.5, 0.6) is 11.5 Å². The van der Waals surface area contributed by atoms with Gasteiger partial charge in [0.25, 0.3) is 0 Å². The smallest absolute Gasteiger partial charge is 0.352 e. The number of hydrogen-bond acceptors (Lipinski definition) is 4. The van der Waals surface area contributed by atoms with Crippen LogP contribution in [0, 0.1) is 0 Å². The Morgan fingerprint density at radius 1 is 1.31 bits per heavy atom. The summed E-state index contributed by atoms with van der Waals surface area (Å²) in [4.78, 5) is 19.8. The number of phenols is 1. The Morgan fingerprint density at radius 2 is 1.94 bits per heavy atom. The molecular formula is C12H16O4. The highest BCUT2D eigenvalue weighted by Gasteiger charge is 2.19. The molecule has 0 atom stereocenters. The first-order valence-corrected chi connectivity index (χ1v) is 4.99. The second-order valence-corrected chi connectivity index (χ2v) is 4.59. The maximum Gasteiger partial charge on any atom is 0.352 e. The minimum absolute atomic E-state index is 0.197. The van der Waals surface area contributed by atoms with Gasteiger partial charge in [-0.05, 0) is 23.6 Å². The Balaban J connectivity index is 2.94. The Bertz CT molecular complexity index is 390. The molecule has 0 radical (unpaired) electrons. The summed E-state index contributed by atoms with van der Waals surface area (Å²) in [6, 6.07) is 4.70. The molecule has 4 nitrogen and oxygen atoms in total. The van der Waals surface area contributed by atoms with E-state index >= 15 is 0 Å². The lowest BCUT2D eigenvalue weighted by Gasteiger charge is -2.20. The van der Waals surface area contributed by atoms with Crippen LogP contribution in [-0.4, -0.2) is 11.1 Å². The standard InChI is InChI=1S/C12H16O4/c1-8(13)15-16-9-5-6-11(14)10(7-9)12(2,3)4/h5-7,14H,1-4H3. The zero-order valence-corrected chi connectivity index (χ0v) is 9.90. The van der Waals surface area contributed by atoms with Gasteiger partial charge in [-0.1, -0.05) is 20.8 Å². The van der Waals surface area contributed by atoms with Gasteiger partial charge in [-0.2, -0.15) is 0 Å². The van der Waals surface area contributed by atoms with Gasteiger partial charge < -0.3 is 5.11 Å². The molecule has 0 aromatic heterocycles. The van der Waals surface area contributed by atoms with Gasteiger partial charge in [0.15, 0.2) is 5.75 Å². The van der Waals surface area contributed by atoms with Crippen molar-refractivity contribution in [3.8, 4) is 11.5 Å². The highest BCUT2D eigenvalue weighted by atomic mass is 17.2. The van der Waals surface area contributed by atoms with E-state index in [2.05, 4.69) is 4.89 Å². The van der Waals surface area contributed by atoms with Gasteiger partial charge in [0.05, 0.1) is 0 Å². The lowest BCUT2D eigenvalue weighted by atomic mass is 9.86. The number of phenolic OH excluding ortho intramolecular Hbond substituents is 1. The second kappa shape index (κ2) is 4.43. The molecule has 0 unspecified atom stereocenters. The van der Waals surface area contributed by atoms with Crippen molar-refractivity contribution in [1.29, 1.82) is 0 Å². The first-order chi connectivity index (χ1) is 7.30. The van der Waals surface area contributed by atoms with E-state index in [4.69, 9.17) is 4.89 Å². The highest BCUT2D eigenvalue weighted by Crippen LogP contribution is 2.33. The number of rotatable bonds is 2. The summed E-state index contributed by atoms with van der Waals surface area (Å²) >= 11 is 0. The molecule has 0 bridgehead atoms. The molecule has 0 heterocycles. The molecule has 0 fully saturated rings. The average Bonchev–Trinajstić information content (AvgIpc) is 2.14. The van der Waals surface area contributed by atoms with Crippen LogP contribution in [0.4, 0.5) is 0 Å². The second-order valence-electron chi connectivity index (χ2n) is 4.59. The van der Waals surface area contributed by atoms with Gasteiger partial charge in [-0.25, -0.2) is 4.79 Å². The van der Waals surface area contributed by atoms with Crippen molar-refractivity contribution >= 4 is 5.97 Å². The normalized spacial score (nSPS) is 11.0. The molecule has 88 valence electrons. The fourth-order valence-corrected chi connectivity index (χ4v) is 1.27. The lowest BCUT2D eigenvalue weighted by Crippen LogP contribution is -2.12. The average molecular weight is 224 g/mol. The summed E-state index contributed by atoms with van der Waals surface area (Å²) < 4.78 is 0. The SMILES string of the molecule is CC(=O)OOc1ccc(O)c(C(C)(C)C)c1. The Hall–Kier alpha value is -1.71. The fraction of sp³-hybridized carbons (Fsp3) is 0.417. The van der Waals surface area contributed by atoms with Crippen LogP contribution in [0.1, 0.15) is 33.3 Å². The molecule has 0 aliphatic rings. The molecular weight excluding hydrogens is 208 g/mol. The Morgan fingerprint density at radius 3 is 2.44 bits per heavy atom. The first kappa shape index (κ1) is 12.4. The van der Waals surface area contributed by atoms with Crippen LogP contribution in [0.2, 0.25) is 0 Å². The van der Waals surface area contributed by atoms with Crippen molar-refractivity contribution in [2.24, 2.45) is 0 Å². The maximum atomic E-state index is 10.6. The Kier molecular flexibility index (Phi) is 3.42. The molecule has 1 rings (SSSR count). The molecule has 4 heteroatoms. The largest absolute Gasteiger partial charge is 0.508 e. The lowest BCUT2D eigenvalue weighted by molar-refractivity contribution is -0.210. The predicted octanol–water partition coefficient (Wildman–Crippen LogP) is 2.55. The van der Waals surface area contributed by atoms with Crippen LogP contribution in [0.3, 0.4) is 0 Å². The van der Waals surface area contributed by atoms with E-state index in [1.54, 1.807) is 6.07 Å². The summed E-state index contributed by atoms with van der Waals surface area (Å²) in [7, 11) is 0. The van der Waals surface area contributed by atoms with Gasteiger partial charge >= 0.3 is 5.97 Å². The van der Waals surface area contributed by atoms with Crippen molar-refractivity contribution in [1.82, 2.24) is 0 Å². The summed E-state index contributed by atoms with van der Waals surface area (Å²) in [6.07, 6.45) is 0. The van der Waals surface area contributed by atoms with Crippen LogP contribution in [-0.2, 0) is 15.1 Å². The van der Waals surface area contributed by atoms with Crippen LogP contribution in [0.25, 0.3) is 0 Å². The molecule has 0 spiro atoms. The molecule has 0 amide bonds. The third kappa shape index (κ3) is 3.15. The summed E-state index contributed by atoms with van der Waals surface area (Å²) in [5.74, 6) is 0.0611. The van der Waals surface area contributed by atoms with Gasteiger partial charge in [0, 0.05) is 12.5 Å². The quantitative estimate of drug-likeness (QED) is 0.619. The number of aromatic hydroxyl groups is 1. The number of carbonyl (C=O) groups excluding carboxylic acids is 1. The van der Waals surface area contributed by atoms with Gasteiger partial charge in [-0.15, -0.1) is 0 Å².